The van der Waals surface area contributed by atoms with E-state index < -0.39 is 12.1 Å². The van der Waals surface area contributed by atoms with Gasteiger partial charge in [-0.05, 0) is 25.7 Å². The molecule has 0 saturated carbocycles. The number of amides is 1. The fraction of sp³-hybridized carbons (Fsp3) is 0.889. The molecule has 0 radical (unpaired) electrons. The van der Waals surface area contributed by atoms with Gasteiger partial charge in [-0.1, -0.05) is 22.6 Å². The van der Waals surface area contributed by atoms with Gasteiger partial charge in [0.1, 0.15) is 0 Å². The second-order valence-corrected chi connectivity index (χ2v) is 5.93. The Morgan fingerprint density at radius 3 is 2.07 bits per heavy atom. The minimum Gasteiger partial charge on any atom is -0.329 e. The van der Waals surface area contributed by atoms with Crippen molar-refractivity contribution >= 4 is 28.5 Å². The summed E-state index contributed by atoms with van der Waals surface area (Å²) >= 11 is 2.26. The Balaban J connectivity index is 2.15. The molecule has 2 aliphatic rings. The number of halogens is 4. The van der Waals surface area contributed by atoms with E-state index >= 15 is 0 Å². The number of fused-ring (bicyclic) bond motifs is 2. The molecule has 2 nitrogen and oxygen atoms in total. The normalized spacial score (nSPS) is 35.7. The van der Waals surface area contributed by atoms with E-state index in [1.807, 2.05) is 0 Å². The zero-order valence-corrected chi connectivity index (χ0v) is 10.1. The Hall–Kier alpha value is -0.0100. The largest absolute Gasteiger partial charge is 0.471 e. The number of rotatable bonds is 0. The first-order chi connectivity index (χ1) is 6.89. The van der Waals surface area contributed by atoms with Crippen molar-refractivity contribution in [1.29, 1.82) is 0 Å². The summed E-state index contributed by atoms with van der Waals surface area (Å²) in [6, 6.07) is -0.362. The summed E-state index contributed by atoms with van der Waals surface area (Å²) in [5.41, 5.74) is 0. The molecule has 0 aromatic heterocycles. The van der Waals surface area contributed by atoms with Gasteiger partial charge in [-0.25, -0.2) is 0 Å². The molecule has 2 unspecified atom stereocenters. The number of hydrogen-bond acceptors (Lipinski definition) is 1. The van der Waals surface area contributed by atoms with Crippen molar-refractivity contribution in [2.75, 3.05) is 0 Å². The molecule has 2 atom stereocenters. The van der Waals surface area contributed by atoms with Crippen molar-refractivity contribution in [3.63, 3.8) is 0 Å². The third-order valence-electron chi connectivity index (χ3n) is 3.15. The van der Waals surface area contributed by atoms with E-state index in [4.69, 9.17) is 0 Å². The summed E-state index contributed by atoms with van der Waals surface area (Å²) in [5.74, 6) is -1.64. The van der Waals surface area contributed by atoms with Gasteiger partial charge in [0.05, 0.1) is 0 Å². The van der Waals surface area contributed by atoms with E-state index in [-0.39, 0.29) is 12.1 Å². The predicted molar refractivity (Wildman–Crippen MR) is 56.8 cm³/mol. The maximum atomic E-state index is 12.3. The molecular weight excluding hydrogens is 322 g/mol. The van der Waals surface area contributed by atoms with Crippen molar-refractivity contribution in [3.8, 4) is 0 Å². The minimum absolute atomic E-state index is 0.181. The lowest BCUT2D eigenvalue weighted by atomic mass is 10.0. The fourth-order valence-corrected chi connectivity index (χ4v) is 3.76. The van der Waals surface area contributed by atoms with E-state index in [0.717, 1.165) is 17.7 Å². The first-order valence-electron chi connectivity index (χ1n) is 4.93. The van der Waals surface area contributed by atoms with Crippen LogP contribution in [0.15, 0.2) is 0 Å². The van der Waals surface area contributed by atoms with Crippen molar-refractivity contribution in [2.45, 2.75) is 47.9 Å². The number of carbonyl (C=O) groups is 1. The van der Waals surface area contributed by atoms with Gasteiger partial charge in [-0.3, -0.25) is 4.79 Å². The predicted octanol–water partition coefficient (Wildman–Crippen LogP) is 2.51. The Bertz CT molecular complexity index is 267. The summed E-state index contributed by atoms with van der Waals surface area (Å²) in [4.78, 5) is 12.3. The minimum atomic E-state index is -4.71. The molecule has 1 amide bonds. The standard InChI is InChI=1S/C9H11F3INO/c10-9(11,12)8(15)14-6-1-2-7(14)4-5(13)3-6/h5-7H,1-4H2. The molecule has 0 aromatic rings. The maximum absolute atomic E-state index is 12.3. The molecule has 0 spiro atoms. The summed E-state index contributed by atoms with van der Waals surface area (Å²) in [6.07, 6.45) is -1.84. The molecule has 2 aliphatic heterocycles. The Morgan fingerprint density at radius 2 is 1.67 bits per heavy atom. The summed E-state index contributed by atoms with van der Waals surface area (Å²) < 4.78 is 37.4. The molecule has 15 heavy (non-hydrogen) atoms. The fourth-order valence-electron chi connectivity index (χ4n) is 2.59. The van der Waals surface area contributed by atoms with Gasteiger partial charge in [0.25, 0.3) is 0 Å². The highest BCUT2D eigenvalue weighted by atomic mass is 127. The van der Waals surface area contributed by atoms with E-state index in [0.29, 0.717) is 16.8 Å². The van der Waals surface area contributed by atoms with Crippen LogP contribution in [-0.2, 0) is 4.79 Å². The first kappa shape index (κ1) is 11.5. The quantitative estimate of drug-likeness (QED) is 0.493. The average molecular weight is 333 g/mol. The molecular formula is C9H11F3INO. The van der Waals surface area contributed by atoms with Gasteiger partial charge in [0, 0.05) is 16.0 Å². The van der Waals surface area contributed by atoms with Crippen LogP contribution >= 0.6 is 22.6 Å². The van der Waals surface area contributed by atoms with Crippen LogP contribution in [0.3, 0.4) is 0 Å². The SMILES string of the molecule is O=C(N1C2CCC1CC(I)C2)C(F)(F)F. The highest BCUT2D eigenvalue weighted by molar-refractivity contribution is 14.1. The van der Waals surface area contributed by atoms with Crippen molar-refractivity contribution in [2.24, 2.45) is 0 Å². The van der Waals surface area contributed by atoms with Crippen LogP contribution in [0.25, 0.3) is 0 Å². The highest BCUT2D eigenvalue weighted by Gasteiger charge is 2.51. The van der Waals surface area contributed by atoms with Gasteiger partial charge in [-0.2, -0.15) is 13.2 Å². The lowest BCUT2D eigenvalue weighted by Crippen LogP contribution is -2.51. The Morgan fingerprint density at radius 1 is 1.20 bits per heavy atom. The molecule has 2 fully saturated rings. The maximum Gasteiger partial charge on any atom is 0.471 e. The van der Waals surface area contributed by atoms with Crippen molar-refractivity contribution in [3.05, 3.63) is 0 Å². The molecule has 0 N–H and O–H groups in total. The van der Waals surface area contributed by atoms with E-state index in [2.05, 4.69) is 22.6 Å². The van der Waals surface area contributed by atoms with E-state index in [1.165, 1.54) is 0 Å². The Kier molecular flexibility index (Phi) is 2.89. The van der Waals surface area contributed by atoms with Gasteiger partial charge in [-0.15, -0.1) is 0 Å². The number of piperidine rings is 1. The zero-order chi connectivity index (χ0) is 11.2. The van der Waals surface area contributed by atoms with Gasteiger partial charge >= 0.3 is 12.1 Å². The zero-order valence-electron chi connectivity index (χ0n) is 7.93. The molecule has 2 heterocycles. The topological polar surface area (TPSA) is 20.3 Å². The van der Waals surface area contributed by atoms with Gasteiger partial charge < -0.3 is 4.90 Å². The molecule has 0 aromatic carbocycles. The molecule has 2 rings (SSSR count). The molecule has 2 bridgehead atoms. The van der Waals surface area contributed by atoms with Gasteiger partial charge in [0.2, 0.25) is 0 Å². The molecule has 86 valence electrons. The van der Waals surface area contributed by atoms with Crippen LogP contribution in [0.2, 0.25) is 0 Å². The van der Waals surface area contributed by atoms with Crippen molar-refractivity contribution < 1.29 is 18.0 Å². The monoisotopic (exact) mass is 333 g/mol. The highest BCUT2D eigenvalue weighted by Crippen LogP contribution is 2.40. The van der Waals surface area contributed by atoms with Crippen LogP contribution in [-0.4, -0.2) is 33.0 Å². The third-order valence-corrected chi connectivity index (χ3v) is 4.17. The number of alkyl halides is 4. The second-order valence-electron chi connectivity index (χ2n) is 4.16. The van der Waals surface area contributed by atoms with Gasteiger partial charge in [0.15, 0.2) is 0 Å². The molecule has 2 saturated heterocycles. The average Bonchev–Trinajstić information content (AvgIpc) is 2.35. The summed E-state index contributed by atoms with van der Waals surface area (Å²) in [6.45, 7) is 0. The third kappa shape index (κ3) is 2.09. The van der Waals surface area contributed by atoms with Crippen molar-refractivity contribution in [1.82, 2.24) is 4.90 Å². The van der Waals surface area contributed by atoms with Crippen LogP contribution in [0, 0.1) is 0 Å². The number of hydrogen-bond donors (Lipinski definition) is 0. The van der Waals surface area contributed by atoms with Crippen LogP contribution in [0.4, 0.5) is 13.2 Å². The number of nitrogens with zero attached hydrogens (tertiary/aromatic N) is 1. The van der Waals surface area contributed by atoms with E-state index in [9.17, 15) is 18.0 Å². The lowest BCUT2D eigenvalue weighted by molar-refractivity contribution is -0.189. The van der Waals surface area contributed by atoms with Crippen LogP contribution in [0.5, 0.6) is 0 Å². The second kappa shape index (κ2) is 3.78. The summed E-state index contributed by atoms with van der Waals surface area (Å²) in [7, 11) is 0. The van der Waals surface area contributed by atoms with E-state index in [1.54, 1.807) is 0 Å². The first-order valence-corrected chi connectivity index (χ1v) is 6.17. The summed E-state index contributed by atoms with van der Waals surface area (Å²) in [5, 5.41) is 0. The smallest absolute Gasteiger partial charge is 0.329 e. The van der Waals surface area contributed by atoms with Crippen LogP contribution in [0.1, 0.15) is 25.7 Å². The number of carbonyl (C=O) groups excluding carboxylic acids is 1. The molecule has 6 heteroatoms. The lowest BCUT2D eigenvalue weighted by Gasteiger charge is -2.37. The molecule has 0 aliphatic carbocycles. The Labute approximate surface area is 99.3 Å². The van der Waals surface area contributed by atoms with Crippen LogP contribution < -0.4 is 0 Å².